The van der Waals surface area contributed by atoms with Gasteiger partial charge in [-0.2, -0.15) is 0 Å². The molecule has 3 rings (SSSR count). The van der Waals surface area contributed by atoms with Gasteiger partial charge >= 0.3 is 0 Å². The molecule has 5 nitrogen and oxygen atoms in total. The van der Waals surface area contributed by atoms with Gasteiger partial charge in [0.1, 0.15) is 0 Å². The Bertz CT molecular complexity index is 570. The Morgan fingerprint density at radius 3 is 2.52 bits per heavy atom. The summed E-state index contributed by atoms with van der Waals surface area (Å²) in [6, 6.07) is 7.02. The first-order valence-corrected chi connectivity index (χ1v) is 7.90. The number of halogens is 1. The SMILES string of the molecule is CN1CCN([C@H]2CC(=O)N(c3cccc(Br)c3)C2=O)CC1. The number of benzene rings is 1. The fourth-order valence-corrected chi connectivity index (χ4v) is 3.31. The lowest BCUT2D eigenvalue weighted by Crippen LogP contribution is -2.51. The van der Waals surface area contributed by atoms with Gasteiger partial charge in [0.2, 0.25) is 5.91 Å². The van der Waals surface area contributed by atoms with Crippen LogP contribution >= 0.6 is 15.9 Å². The summed E-state index contributed by atoms with van der Waals surface area (Å²) in [7, 11) is 2.08. The highest BCUT2D eigenvalue weighted by molar-refractivity contribution is 9.10. The van der Waals surface area contributed by atoms with Crippen molar-refractivity contribution in [1.29, 1.82) is 0 Å². The highest BCUT2D eigenvalue weighted by Crippen LogP contribution is 2.28. The highest BCUT2D eigenvalue weighted by Gasteiger charge is 2.43. The average molecular weight is 352 g/mol. The molecule has 0 bridgehead atoms. The molecule has 1 atom stereocenters. The molecule has 0 N–H and O–H groups in total. The molecule has 1 aromatic rings. The second kappa shape index (κ2) is 5.87. The molecular weight excluding hydrogens is 334 g/mol. The molecule has 112 valence electrons. The van der Waals surface area contributed by atoms with Crippen molar-refractivity contribution in [1.82, 2.24) is 9.80 Å². The number of carbonyl (C=O) groups is 2. The Hall–Kier alpha value is -1.24. The first-order chi connectivity index (χ1) is 10.1. The smallest absolute Gasteiger partial charge is 0.251 e. The highest BCUT2D eigenvalue weighted by atomic mass is 79.9. The normalized spacial score (nSPS) is 24.9. The Morgan fingerprint density at radius 2 is 1.86 bits per heavy atom. The predicted octanol–water partition coefficient (Wildman–Crippen LogP) is 1.33. The number of carbonyl (C=O) groups excluding carboxylic acids is 2. The number of imide groups is 1. The van der Waals surface area contributed by atoms with Gasteiger partial charge in [-0.25, -0.2) is 4.90 Å². The van der Waals surface area contributed by atoms with Crippen molar-refractivity contribution in [3.63, 3.8) is 0 Å². The molecule has 0 aromatic heterocycles. The minimum atomic E-state index is -0.301. The number of nitrogens with zero attached hydrogens (tertiary/aromatic N) is 3. The van der Waals surface area contributed by atoms with E-state index in [1.54, 1.807) is 6.07 Å². The van der Waals surface area contributed by atoms with Crippen LogP contribution in [0.5, 0.6) is 0 Å². The summed E-state index contributed by atoms with van der Waals surface area (Å²) in [5.41, 5.74) is 0.649. The van der Waals surface area contributed by atoms with E-state index in [1.807, 2.05) is 18.2 Å². The number of piperazine rings is 1. The molecule has 2 saturated heterocycles. The summed E-state index contributed by atoms with van der Waals surface area (Å²) in [5.74, 6) is -0.204. The molecule has 0 unspecified atom stereocenters. The molecule has 0 aliphatic carbocycles. The molecule has 2 aliphatic heterocycles. The van der Waals surface area contributed by atoms with Gasteiger partial charge in [-0.1, -0.05) is 22.0 Å². The second-order valence-corrected chi connectivity index (χ2v) is 6.52. The minimum Gasteiger partial charge on any atom is -0.304 e. The zero-order valence-corrected chi connectivity index (χ0v) is 13.5. The number of hydrogen-bond acceptors (Lipinski definition) is 4. The molecule has 0 saturated carbocycles. The van der Waals surface area contributed by atoms with Crippen LogP contribution in [0, 0.1) is 0 Å². The minimum absolute atomic E-state index is 0.0948. The van der Waals surface area contributed by atoms with E-state index in [-0.39, 0.29) is 24.3 Å². The number of anilines is 1. The molecule has 2 heterocycles. The van der Waals surface area contributed by atoms with Crippen molar-refractivity contribution >= 4 is 33.4 Å². The third kappa shape index (κ3) is 2.88. The van der Waals surface area contributed by atoms with E-state index in [2.05, 4.69) is 32.8 Å². The fourth-order valence-electron chi connectivity index (χ4n) is 2.92. The average Bonchev–Trinajstić information content (AvgIpc) is 2.75. The Morgan fingerprint density at radius 1 is 1.14 bits per heavy atom. The predicted molar refractivity (Wildman–Crippen MR) is 84.1 cm³/mol. The maximum absolute atomic E-state index is 12.6. The van der Waals surface area contributed by atoms with Gasteiger partial charge in [-0.05, 0) is 25.2 Å². The lowest BCUT2D eigenvalue weighted by molar-refractivity contribution is -0.123. The molecule has 1 aromatic carbocycles. The largest absolute Gasteiger partial charge is 0.304 e. The first-order valence-electron chi connectivity index (χ1n) is 7.11. The summed E-state index contributed by atoms with van der Waals surface area (Å²) in [6.45, 7) is 3.56. The standard InChI is InChI=1S/C15H18BrN3O2/c1-17-5-7-18(8-6-17)13-10-14(20)19(15(13)21)12-4-2-3-11(16)9-12/h2-4,9,13H,5-8,10H2,1H3/t13-/m0/s1. The Balaban J connectivity index is 1.79. The van der Waals surface area contributed by atoms with Gasteiger partial charge in [-0.15, -0.1) is 0 Å². The van der Waals surface area contributed by atoms with Crippen LogP contribution in [0.15, 0.2) is 28.7 Å². The molecule has 2 fully saturated rings. The third-order valence-corrected chi connectivity index (χ3v) is 4.66. The lowest BCUT2D eigenvalue weighted by Gasteiger charge is -2.35. The van der Waals surface area contributed by atoms with Gasteiger partial charge in [0.05, 0.1) is 18.2 Å². The summed E-state index contributed by atoms with van der Waals surface area (Å²) in [6.07, 6.45) is 0.287. The summed E-state index contributed by atoms with van der Waals surface area (Å²) >= 11 is 3.38. The third-order valence-electron chi connectivity index (χ3n) is 4.17. The zero-order valence-electron chi connectivity index (χ0n) is 12.0. The number of amides is 2. The summed E-state index contributed by atoms with van der Waals surface area (Å²) < 4.78 is 0.864. The van der Waals surface area contributed by atoms with E-state index in [1.165, 1.54) is 4.90 Å². The van der Waals surface area contributed by atoms with Gasteiger partial charge in [0.25, 0.3) is 5.91 Å². The summed E-state index contributed by atoms with van der Waals surface area (Å²) in [4.78, 5) is 30.6. The van der Waals surface area contributed by atoms with Crippen molar-refractivity contribution in [2.75, 3.05) is 38.1 Å². The van der Waals surface area contributed by atoms with E-state index in [0.29, 0.717) is 5.69 Å². The van der Waals surface area contributed by atoms with E-state index < -0.39 is 0 Å². The molecule has 21 heavy (non-hydrogen) atoms. The molecule has 2 amide bonds. The second-order valence-electron chi connectivity index (χ2n) is 5.61. The van der Waals surface area contributed by atoms with Crippen molar-refractivity contribution in [2.45, 2.75) is 12.5 Å². The van der Waals surface area contributed by atoms with Crippen LogP contribution in [0.25, 0.3) is 0 Å². The Kier molecular flexibility index (Phi) is 4.10. The van der Waals surface area contributed by atoms with Crippen LogP contribution in [-0.4, -0.2) is 60.9 Å². The van der Waals surface area contributed by atoms with E-state index in [9.17, 15) is 9.59 Å². The molecule has 0 radical (unpaired) electrons. The molecular formula is C15H18BrN3O2. The first kappa shape index (κ1) is 14.7. The quantitative estimate of drug-likeness (QED) is 0.754. The van der Waals surface area contributed by atoms with E-state index in [4.69, 9.17) is 0 Å². The van der Waals surface area contributed by atoms with E-state index >= 15 is 0 Å². The maximum atomic E-state index is 12.6. The fraction of sp³-hybridized carbons (Fsp3) is 0.467. The van der Waals surface area contributed by atoms with Gasteiger partial charge < -0.3 is 4.90 Å². The van der Waals surface area contributed by atoms with Crippen LogP contribution in [0.3, 0.4) is 0 Å². The number of likely N-dealkylation sites (N-methyl/N-ethyl adjacent to an activating group) is 1. The monoisotopic (exact) mass is 351 g/mol. The van der Waals surface area contributed by atoms with Crippen LogP contribution in [-0.2, 0) is 9.59 Å². The topological polar surface area (TPSA) is 43.9 Å². The van der Waals surface area contributed by atoms with Crippen molar-refractivity contribution < 1.29 is 9.59 Å². The number of rotatable bonds is 2. The molecule has 6 heteroatoms. The van der Waals surface area contributed by atoms with Crippen LogP contribution in [0.2, 0.25) is 0 Å². The van der Waals surface area contributed by atoms with Crippen molar-refractivity contribution in [3.8, 4) is 0 Å². The van der Waals surface area contributed by atoms with Gasteiger partial charge in [0.15, 0.2) is 0 Å². The van der Waals surface area contributed by atoms with Crippen LogP contribution in [0.4, 0.5) is 5.69 Å². The molecule has 2 aliphatic rings. The van der Waals surface area contributed by atoms with Crippen LogP contribution < -0.4 is 4.90 Å². The zero-order chi connectivity index (χ0) is 15.0. The lowest BCUT2D eigenvalue weighted by atomic mass is 10.2. The van der Waals surface area contributed by atoms with Crippen LogP contribution in [0.1, 0.15) is 6.42 Å². The number of hydrogen-bond donors (Lipinski definition) is 0. The Labute approximate surface area is 132 Å². The van der Waals surface area contributed by atoms with Crippen molar-refractivity contribution in [2.24, 2.45) is 0 Å². The molecule has 0 spiro atoms. The van der Waals surface area contributed by atoms with E-state index in [0.717, 1.165) is 30.7 Å². The van der Waals surface area contributed by atoms with Gasteiger partial charge in [-0.3, -0.25) is 14.5 Å². The van der Waals surface area contributed by atoms with Gasteiger partial charge in [0, 0.05) is 30.7 Å². The maximum Gasteiger partial charge on any atom is 0.251 e. The summed E-state index contributed by atoms with van der Waals surface area (Å²) in [5, 5.41) is 0. The van der Waals surface area contributed by atoms with Crippen molar-refractivity contribution in [3.05, 3.63) is 28.7 Å².